The summed E-state index contributed by atoms with van der Waals surface area (Å²) in [5.41, 5.74) is 1.94. The molecule has 1 fully saturated rings. The number of rotatable bonds is 6. The van der Waals surface area contributed by atoms with Crippen LogP contribution in [0, 0.1) is 4.91 Å². The van der Waals surface area contributed by atoms with Crippen molar-refractivity contribution in [3.63, 3.8) is 0 Å². The van der Waals surface area contributed by atoms with Gasteiger partial charge in [-0.15, -0.1) is 4.91 Å². The molecule has 0 amide bonds. The number of ether oxygens (including phenoxy) is 1. The monoisotopic (exact) mass is 353 g/mol. The molecule has 1 saturated heterocycles. The number of nitroso groups, excluding NO2 is 1. The van der Waals surface area contributed by atoms with E-state index in [1.807, 2.05) is 17.0 Å². The third-order valence-electron chi connectivity index (χ3n) is 4.32. The van der Waals surface area contributed by atoms with Gasteiger partial charge in [0.15, 0.2) is 0 Å². The van der Waals surface area contributed by atoms with Crippen LogP contribution in [0.1, 0.15) is 20.7 Å². The molecule has 0 aliphatic carbocycles. The Labute approximate surface area is 151 Å². The van der Waals surface area contributed by atoms with Crippen LogP contribution in [0.25, 0.3) is 0 Å². The molecule has 0 radical (unpaired) electrons. The first-order chi connectivity index (χ1) is 12.7. The summed E-state index contributed by atoms with van der Waals surface area (Å²) < 4.78 is 5.36. The summed E-state index contributed by atoms with van der Waals surface area (Å²) in [7, 11) is 0. The maximum atomic E-state index is 12.1. The minimum absolute atomic E-state index is 0.233. The number of anilines is 1. The number of aldehydes is 1. The average molecular weight is 353 g/mol. The van der Waals surface area contributed by atoms with E-state index < -0.39 is 5.97 Å². The molecule has 2 aromatic carbocycles. The number of hydrogen-bond donors (Lipinski definition) is 0. The Kier molecular flexibility index (Phi) is 5.70. The van der Waals surface area contributed by atoms with E-state index >= 15 is 0 Å². The fourth-order valence-electron chi connectivity index (χ4n) is 2.82. The van der Waals surface area contributed by atoms with E-state index in [4.69, 9.17) is 4.74 Å². The highest BCUT2D eigenvalue weighted by Gasteiger charge is 2.17. The zero-order valence-corrected chi connectivity index (χ0v) is 14.2. The van der Waals surface area contributed by atoms with Crippen molar-refractivity contribution in [3.05, 3.63) is 64.6 Å². The van der Waals surface area contributed by atoms with E-state index in [1.54, 1.807) is 36.4 Å². The topological polar surface area (TPSA) is 79.3 Å². The molecule has 0 spiro atoms. The minimum Gasteiger partial charge on any atom is -0.423 e. The Hall–Kier alpha value is -3.06. The first kappa shape index (κ1) is 17.8. The number of hydrogen-bond acceptors (Lipinski definition) is 7. The largest absolute Gasteiger partial charge is 0.423 e. The van der Waals surface area contributed by atoms with Gasteiger partial charge in [0.05, 0.1) is 5.56 Å². The lowest BCUT2D eigenvalue weighted by Gasteiger charge is -2.34. The maximum Gasteiger partial charge on any atom is 0.343 e. The standard InChI is InChI=1S/C19H19N3O4/c23-13-15-1-3-16(4-2-15)19(24)26-18-7-5-17(6-8-18)22-11-9-21(10-12-22)14-20-25/h1-8,13H,9-12,14H2. The van der Waals surface area contributed by atoms with Crippen molar-refractivity contribution in [3.8, 4) is 5.75 Å². The molecule has 26 heavy (non-hydrogen) atoms. The summed E-state index contributed by atoms with van der Waals surface area (Å²) in [5, 5.41) is 2.92. The van der Waals surface area contributed by atoms with E-state index in [2.05, 4.69) is 10.1 Å². The van der Waals surface area contributed by atoms with Crippen LogP contribution in [0.5, 0.6) is 5.75 Å². The van der Waals surface area contributed by atoms with Gasteiger partial charge in [-0.05, 0) is 36.4 Å². The molecule has 2 aromatic rings. The Bertz CT molecular complexity index is 766. The van der Waals surface area contributed by atoms with Crippen LogP contribution >= 0.6 is 0 Å². The first-order valence-corrected chi connectivity index (χ1v) is 8.33. The molecule has 0 atom stereocenters. The van der Waals surface area contributed by atoms with Gasteiger partial charge in [-0.25, -0.2) is 4.79 Å². The third kappa shape index (κ3) is 4.31. The second-order valence-electron chi connectivity index (χ2n) is 6.00. The van der Waals surface area contributed by atoms with Crippen molar-refractivity contribution in [1.29, 1.82) is 0 Å². The van der Waals surface area contributed by atoms with Gasteiger partial charge < -0.3 is 9.64 Å². The summed E-state index contributed by atoms with van der Waals surface area (Å²) in [6, 6.07) is 13.6. The van der Waals surface area contributed by atoms with Crippen LogP contribution in [0.2, 0.25) is 0 Å². The Morgan fingerprint density at radius 2 is 1.65 bits per heavy atom. The summed E-state index contributed by atoms with van der Waals surface area (Å²) in [6.45, 7) is 3.45. The van der Waals surface area contributed by atoms with E-state index in [-0.39, 0.29) is 6.67 Å². The average Bonchev–Trinajstić information content (AvgIpc) is 2.69. The molecule has 1 aliphatic rings. The van der Waals surface area contributed by atoms with E-state index in [0.717, 1.165) is 38.2 Å². The van der Waals surface area contributed by atoms with Crippen molar-refractivity contribution in [2.45, 2.75) is 0 Å². The lowest BCUT2D eigenvalue weighted by Crippen LogP contribution is -2.46. The fourth-order valence-corrected chi connectivity index (χ4v) is 2.82. The number of esters is 1. The number of nitrogens with zero attached hydrogens (tertiary/aromatic N) is 3. The van der Waals surface area contributed by atoms with Crippen LogP contribution in [-0.4, -0.2) is 50.0 Å². The zero-order chi connectivity index (χ0) is 18.4. The molecule has 0 N–H and O–H groups in total. The van der Waals surface area contributed by atoms with E-state index in [0.29, 0.717) is 16.9 Å². The van der Waals surface area contributed by atoms with Crippen molar-refractivity contribution < 1.29 is 14.3 Å². The fraction of sp³-hybridized carbons (Fsp3) is 0.263. The van der Waals surface area contributed by atoms with Gasteiger partial charge in [-0.1, -0.05) is 17.3 Å². The third-order valence-corrected chi connectivity index (χ3v) is 4.32. The molecule has 7 heteroatoms. The highest BCUT2D eigenvalue weighted by molar-refractivity contribution is 5.91. The quantitative estimate of drug-likeness (QED) is 0.344. The Balaban J connectivity index is 1.58. The zero-order valence-electron chi connectivity index (χ0n) is 14.2. The molecule has 7 nitrogen and oxygen atoms in total. The van der Waals surface area contributed by atoms with Gasteiger partial charge in [0.25, 0.3) is 0 Å². The predicted octanol–water partition coefficient (Wildman–Crippen LogP) is 2.56. The normalized spacial score (nSPS) is 14.7. The van der Waals surface area contributed by atoms with Crippen LogP contribution in [0.3, 0.4) is 0 Å². The van der Waals surface area contributed by atoms with Crippen LogP contribution < -0.4 is 9.64 Å². The van der Waals surface area contributed by atoms with Crippen molar-refractivity contribution in [2.75, 3.05) is 37.7 Å². The summed E-state index contributed by atoms with van der Waals surface area (Å²) in [5.74, 6) is -0.00724. The molecule has 0 unspecified atom stereocenters. The molecule has 3 rings (SSSR count). The minimum atomic E-state index is -0.467. The molecule has 0 bridgehead atoms. The summed E-state index contributed by atoms with van der Waals surface area (Å²) in [4.78, 5) is 37.3. The number of piperazine rings is 1. The number of carbonyl (C=O) groups excluding carboxylic acids is 2. The molecule has 0 saturated carbocycles. The van der Waals surface area contributed by atoms with Gasteiger partial charge >= 0.3 is 5.97 Å². The lowest BCUT2D eigenvalue weighted by molar-refractivity contribution is 0.0734. The first-order valence-electron chi connectivity index (χ1n) is 8.33. The van der Waals surface area contributed by atoms with Crippen molar-refractivity contribution in [1.82, 2.24) is 4.90 Å². The van der Waals surface area contributed by atoms with Gasteiger partial charge in [-0.3, -0.25) is 9.69 Å². The smallest absolute Gasteiger partial charge is 0.343 e. The van der Waals surface area contributed by atoms with Crippen LogP contribution in [0.4, 0.5) is 5.69 Å². The highest BCUT2D eigenvalue weighted by atomic mass is 16.5. The SMILES string of the molecule is O=Cc1ccc(C(=O)Oc2ccc(N3CCN(CN=O)CC3)cc2)cc1. The Morgan fingerprint density at radius 3 is 2.23 bits per heavy atom. The summed E-state index contributed by atoms with van der Waals surface area (Å²) >= 11 is 0. The maximum absolute atomic E-state index is 12.1. The van der Waals surface area contributed by atoms with Gasteiger partial charge in [0.1, 0.15) is 18.7 Å². The predicted molar refractivity (Wildman–Crippen MR) is 97.7 cm³/mol. The number of carbonyl (C=O) groups is 2. The van der Waals surface area contributed by atoms with E-state index in [9.17, 15) is 14.5 Å². The molecular formula is C19H19N3O4. The molecule has 1 aliphatic heterocycles. The molecular weight excluding hydrogens is 334 g/mol. The van der Waals surface area contributed by atoms with Crippen molar-refractivity contribution >= 4 is 17.9 Å². The van der Waals surface area contributed by atoms with Crippen LogP contribution in [0.15, 0.2) is 53.7 Å². The molecule has 0 aromatic heterocycles. The van der Waals surface area contributed by atoms with Gasteiger partial charge in [0, 0.05) is 37.4 Å². The Morgan fingerprint density at radius 1 is 1.00 bits per heavy atom. The van der Waals surface area contributed by atoms with Gasteiger partial charge in [-0.2, -0.15) is 0 Å². The van der Waals surface area contributed by atoms with E-state index in [1.165, 1.54) is 0 Å². The molecule has 134 valence electrons. The highest BCUT2D eigenvalue weighted by Crippen LogP contribution is 2.21. The lowest BCUT2D eigenvalue weighted by atomic mass is 10.1. The molecule has 1 heterocycles. The van der Waals surface area contributed by atoms with Crippen molar-refractivity contribution in [2.24, 2.45) is 5.18 Å². The number of benzene rings is 2. The van der Waals surface area contributed by atoms with Crippen LogP contribution in [-0.2, 0) is 0 Å². The second-order valence-corrected chi connectivity index (χ2v) is 6.00. The second kappa shape index (κ2) is 8.35. The summed E-state index contributed by atoms with van der Waals surface area (Å²) in [6.07, 6.45) is 0.725. The van der Waals surface area contributed by atoms with Gasteiger partial charge in [0.2, 0.25) is 0 Å².